The fourth-order valence-corrected chi connectivity index (χ4v) is 2.52. The minimum absolute atomic E-state index is 0.0300. The number of anilines is 1. The average molecular weight is 367 g/mol. The molecule has 2 aromatic heterocycles. The van der Waals surface area contributed by atoms with Crippen LogP contribution in [0.5, 0.6) is 11.5 Å². The van der Waals surface area contributed by atoms with Gasteiger partial charge in [-0.1, -0.05) is 0 Å². The van der Waals surface area contributed by atoms with Crippen molar-refractivity contribution in [2.45, 2.75) is 26.1 Å². The van der Waals surface area contributed by atoms with Gasteiger partial charge in [0.2, 0.25) is 0 Å². The number of benzene rings is 1. The number of phenols is 1. The Hall–Kier alpha value is -3.04. The van der Waals surface area contributed by atoms with Gasteiger partial charge in [0.05, 0.1) is 13.2 Å². The Morgan fingerprint density at radius 3 is 2.62 bits per heavy atom. The number of aryl methyl sites for hydroxylation is 1. The number of hydrogen-bond donors (Lipinski definition) is 2. The molecule has 138 valence electrons. The standard InChI is InChI=1S/C16H16F3N5O2/c1-8-6-13(24-15(20-8)22-14(23-24)16(17,18)19)21-9(2)11-7-10(26-3)4-5-12(11)25/h4-7,9,21,25H,1-3H3. The van der Waals surface area contributed by atoms with Gasteiger partial charge in [-0.2, -0.15) is 22.7 Å². The maximum Gasteiger partial charge on any atom is 0.453 e. The quantitative estimate of drug-likeness (QED) is 0.736. The third kappa shape index (κ3) is 3.35. The third-order valence-electron chi connectivity index (χ3n) is 3.76. The Morgan fingerprint density at radius 1 is 1.23 bits per heavy atom. The molecule has 0 aliphatic heterocycles. The molecule has 10 heteroatoms. The number of nitrogens with one attached hydrogen (secondary N) is 1. The highest BCUT2D eigenvalue weighted by atomic mass is 19.4. The van der Waals surface area contributed by atoms with Crippen molar-refractivity contribution in [3.8, 4) is 11.5 Å². The van der Waals surface area contributed by atoms with Crippen LogP contribution in [0.1, 0.15) is 30.0 Å². The van der Waals surface area contributed by atoms with Crippen molar-refractivity contribution in [1.82, 2.24) is 19.6 Å². The van der Waals surface area contributed by atoms with Gasteiger partial charge >= 0.3 is 6.18 Å². The molecule has 0 spiro atoms. The highest BCUT2D eigenvalue weighted by molar-refractivity contribution is 5.49. The summed E-state index contributed by atoms with van der Waals surface area (Å²) >= 11 is 0. The van der Waals surface area contributed by atoms with Gasteiger partial charge in [-0.3, -0.25) is 0 Å². The van der Waals surface area contributed by atoms with E-state index in [2.05, 4.69) is 20.4 Å². The lowest BCUT2D eigenvalue weighted by Gasteiger charge is -2.18. The molecule has 2 N–H and O–H groups in total. The minimum Gasteiger partial charge on any atom is -0.508 e. The number of fused-ring (bicyclic) bond motifs is 1. The van der Waals surface area contributed by atoms with Crippen LogP contribution in [0.15, 0.2) is 24.3 Å². The molecule has 1 atom stereocenters. The van der Waals surface area contributed by atoms with Crippen LogP contribution in [-0.4, -0.2) is 31.8 Å². The Bertz CT molecular complexity index is 955. The summed E-state index contributed by atoms with van der Waals surface area (Å²) in [5, 5.41) is 16.6. The van der Waals surface area contributed by atoms with Crippen molar-refractivity contribution in [3.05, 3.63) is 41.3 Å². The first-order valence-electron chi connectivity index (χ1n) is 7.64. The number of aromatic nitrogens is 4. The highest BCUT2D eigenvalue weighted by Crippen LogP contribution is 2.31. The summed E-state index contributed by atoms with van der Waals surface area (Å²) in [5.74, 6) is -0.590. The lowest BCUT2D eigenvalue weighted by atomic mass is 10.1. The van der Waals surface area contributed by atoms with E-state index in [1.807, 2.05) is 0 Å². The van der Waals surface area contributed by atoms with Crippen LogP contribution in [0.2, 0.25) is 0 Å². The summed E-state index contributed by atoms with van der Waals surface area (Å²) < 4.78 is 44.8. The molecule has 0 fully saturated rings. The maximum absolute atomic E-state index is 12.9. The highest BCUT2D eigenvalue weighted by Gasteiger charge is 2.37. The largest absolute Gasteiger partial charge is 0.508 e. The molecule has 2 heterocycles. The number of methoxy groups -OCH3 is 1. The molecule has 0 amide bonds. The summed E-state index contributed by atoms with van der Waals surface area (Å²) in [6.45, 7) is 3.39. The number of ether oxygens (including phenoxy) is 1. The van der Waals surface area contributed by atoms with Crippen LogP contribution in [0.4, 0.5) is 19.0 Å². The topological polar surface area (TPSA) is 84.6 Å². The van der Waals surface area contributed by atoms with Gasteiger partial charge in [0.15, 0.2) is 0 Å². The molecule has 0 aliphatic carbocycles. The second kappa shape index (κ2) is 6.36. The number of alkyl halides is 3. The Balaban J connectivity index is 2.01. The molecule has 0 bridgehead atoms. The maximum atomic E-state index is 12.9. The van der Waals surface area contributed by atoms with Crippen molar-refractivity contribution >= 4 is 11.6 Å². The molecule has 3 aromatic rings. The lowest BCUT2D eigenvalue weighted by Crippen LogP contribution is -2.12. The van der Waals surface area contributed by atoms with Crippen LogP contribution in [0, 0.1) is 6.92 Å². The summed E-state index contributed by atoms with van der Waals surface area (Å²) in [6, 6.07) is 5.83. The van der Waals surface area contributed by atoms with E-state index in [4.69, 9.17) is 4.74 Å². The van der Waals surface area contributed by atoms with E-state index in [-0.39, 0.29) is 17.3 Å². The van der Waals surface area contributed by atoms with Gasteiger partial charge in [-0.25, -0.2) is 4.98 Å². The van der Waals surface area contributed by atoms with Crippen LogP contribution in [-0.2, 0) is 6.18 Å². The fraction of sp³-hybridized carbons (Fsp3) is 0.312. The summed E-state index contributed by atoms with van der Waals surface area (Å²) in [7, 11) is 1.50. The summed E-state index contributed by atoms with van der Waals surface area (Å²) in [6.07, 6.45) is -4.67. The van der Waals surface area contributed by atoms with Crippen molar-refractivity contribution in [2.24, 2.45) is 0 Å². The molecule has 26 heavy (non-hydrogen) atoms. The van der Waals surface area contributed by atoms with E-state index >= 15 is 0 Å². The van der Waals surface area contributed by atoms with Gasteiger partial charge in [0.1, 0.15) is 17.3 Å². The zero-order valence-corrected chi connectivity index (χ0v) is 14.2. The summed E-state index contributed by atoms with van der Waals surface area (Å²) in [4.78, 5) is 7.41. The number of halogens is 3. The van der Waals surface area contributed by atoms with Crippen molar-refractivity contribution < 1.29 is 23.0 Å². The molecule has 3 rings (SSSR count). The average Bonchev–Trinajstić information content (AvgIpc) is 2.99. The van der Waals surface area contributed by atoms with Crippen LogP contribution < -0.4 is 10.1 Å². The Kier molecular flexibility index (Phi) is 4.34. The monoisotopic (exact) mass is 367 g/mol. The second-order valence-corrected chi connectivity index (χ2v) is 5.72. The fourth-order valence-electron chi connectivity index (χ4n) is 2.52. The van der Waals surface area contributed by atoms with E-state index in [1.54, 1.807) is 32.0 Å². The first kappa shape index (κ1) is 17.8. The first-order chi connectivity index (χ1) is 12.2. The van der Waals surface area contributed by atoms with Crippen molar-refractivity contribution in [2.75, 3.05) is 12.4 Å². The molecular formula is C16H16F3N5O2. The molecule has 0 saturated heterocycles. The lowest BCUT2D eigenvalue weighted by molar-refractivity contribution is -0.144. The first-order valence-corrected chi connectivity index (χ1v) is 7.64. The minimum atomic E-state index is -4.67. The third-order valence-corrected chi connectivity index (χ3v) is 3.76. The second-order valence-electron chi connectivity index (χ2n) is 5.72. The van der Waals surface area contributed by atoms with Gasteiger partial charge in [0, 0.05) is 17.3 Å². The van der Waals surface area contributed by atoms with Gasteiger partial charge in [-0.05, 0) is 32.0 Å². The zero-order valence-electron chi connectivity index (χ0n) is 14.2. The molecule has 0 aliphatic rings. The molecule has 0 saturated carbocycles. The van der Waals surface area contributed by atoms with Gasteiger partial charge < -0.3 is 15.2 Å². The molecule has 1 aromatic carbocycles. The Labute approximate surface area is 146 Å². The predicted molar refractivity (Wildman–Crippen MR) is 87.2 cm³/mol. The molecule has 0 radical (unpaired) electrons. The predicted octanol–water partition coefficient (Wildman–Crippen LogP) is 3.34. The van der Waals surface area contributed by atoms with E-state index in [0.717, 1.165) is 4.52 Å². The SMILES string of the molecule is COc1ccc(O)c(C(C)Nc2cc(C)nc3nc(C(F)(F)F)nn23)c1. The number of rotatable bonds is 4. The van der Waals surface area contributed by atoms with Crippen LogP contribution in [0.25, 0.3) is 5.78 Å². The van der Waals surface area contributed by atoms with Crippen molar-refractivity contribution in [1.29, 1.82) is 0 Å². The van der Waals surface area contributed by atoms with E-state index < -0.39 is 18.0 Å². The van der Waals surface area contributed by atoms with Crippen LogP contribution in [0.3, 0.4) is 0 Å². The zero-order chi connectivity index (χ0) is 19.1. The number of aromatic hydroxyl groups is 1. The normalized spacial score (nSPS) is 13.0. The van der Waals surface area contributed by atoms with Gasteiger partial charge in [-0.15, -0.1) is 5.10 Å². The van der Waals surface area contributed by atoms with Crippen LogP contribution >= 0.6 is 0 Å². The molecule has 7 nitrogen and oxygen atoms in total. The smallest absolute Gasteiger partial charge is 0.453 e. The number of nitrogens with zero attached hydrogens (tertiary/aromatic N) is 4. The summed E-state index contributed by atoms with van der Waals surface area (Å²) in [5.41, 5.74) is 0.992. The van der Waals surface area contributed by atoms with E-state index in [9.17, 15) is 18.3 Å². The molecular weight excluding hydrogens is 351 g/mol. The molecule has 1 unspecified atom stereocenters. The number of phenolic OH excluding ortho intramolecular Hbond substituents is 1. The van der Waals surface area contributed by atoms with E-state index in [1.165, 1.54) is 13.2 Å². The number of hydrogen-bond acceptors (Lipinski definition) is 6. The van der Waals surface area contributed by atoms with Gasteiger partial charge in [0.25, 0.3) is 11.6 Å². The Morgan fingerprint density at radius 2 is 1.96 bits per heavy atom. The van der Waals surface area contributed by atoms with E-state index in [0.29, 0.717) is 17.0 Å². The van der Waals surface area contributed by atoms with Crippen molar-refractivity contribution in [3.63, 3.8) is 0 Å².